The molecule has 1 rings (SSSR count). The van der Waals surface area contributed by atoms with Gasteiger partial charge in [0.15, 0.2) is 0 Å². The summed E-state index contributed by atoms with van der Waals surface area (Å²) in [6, 6.07) is 4.10. The number of nitrogens with one attached hydrogen (secondary N) is 1. The Bertz CT molecular complexity index is 407. The molecule has 0 aromatic carbocycles. The molecule has 1 heterocycles. The Morgan fingerprint density at radius 1 is 1.44 bits per heavy atom. The highest BCUT2D eigenvalue weighted by Crippen LogP contribution is 2.18. The molecule has 0 bridgehead atoms. The van der Waals surface area contributed by atoms with Gasteiger partial charge in [0.1, 0.15) is 11.9 Å². The number of nitrogens with zero attached hydrogens (tertiary/aromatic N) is 2. The van der Waals surface area contributed by atoms with Gasteiger partial charge in [-0.3, -0.25) is 0 Å². The molecule has 1 unspecified atom stereocenters. The highest BCUT2D eigenvalue weighted by Gasteiger charge is 2.09. The predicted octanol–water partition coefficient (Wildman–Crippen LogP) is 3.89. The number of aryl methyl sites for hydroxylation is 1. The molecule has 0 radical (unpaired) electrons. The third-order valence-corrected chi connectivity index (χ3v) is 3.37. The van der Waals surface area contributed by atoms with Crippen LogP contribution >= 0.6 is 0 Å². The van der Waals surface area contributed by atoms with Crippen molar-refractivity contribution in [2.75, 3.05) is 11.9 Å². The van der Waals surface area contributed by atoms with Crippen LogP contribution in [-0.2, 0) is 0 Å². The summed E-state index contributed by atoms with van der Waals surface area (Å²) in [6.07, 6.45) is 6.68. The van der Waals surface area contributed by atoms with E-state index in [2.05, 4.69) is 30.2 Å². The van der Waals surface area contributed by atoms with E-state index in [4.69, 9.17) is 5.26 Å². The molecule has 0 aliphatic carbocycles. The lowest BCUT2D eigenvalue weighted by molar-refractivity contribution is 0.472. The molecule has 0 saturated heterocycles. The lowest BCUT2D eigenvalue weighted by Crippen LogP contribution is -2.15. The van der Waals surface area contributed by atoms with E-state index in [9.17, 15) is 0 Å². The lowest BCUT2D eigenvalue weighted by atomic mass is 9.99. The molecule has 1 atom stereocenters. The average Bonchev–Trinajstić information content (AvgIpc) is 2.39. The van der Waals surface area contributed by atoms with Gasteiger partial charge in [0, 0.05) is 12.7 Å². The first-order valence-electron chi connectivity index (χ1n) is 6.82. The molecule has 0 fully saturated rings. The summed E-state index contributed by atoms with van der Waals surface area (Å²) in [6.45, 7) is 7.29. The standard InChI is InChI=1S/C15H23N3/c1-4-6-7-13(5-2)11-18-15-14(10-16)12(3)8-9-17-15/h8-9,13H,4-7,11H2,1-3H3,(H,17,18). The first kappa shape index (κ1) is 14.5. The summed E-state index contributed by atoms with van der Waals surface area (Å²) >= 11 is 0. The quantitative estimate of drug-likeness (QED) is 0.792. The maximum atomic E-state index is 9.13. The Hall–Kier alpha value is -1.56. The zero-order chi connectivity index (χ0) is 13.4. The summed E-state index contributed by atoms with van der Waals surface area (Å²) in [5.41, 5.74) is 1.65. The molecule has 0 aliphatic heterocycles. The van der Waals surface area contributed by atoms with Crippen molar-refractivity contribution < 1.29 is 0 Å². The fraction of sp³-hybridized carbons (Fsp3) is 0.600. The Balaban J connectivity index is 2.62. The van der Waals surface area contributed by atoms with Crippen LogP contribution in [0.2, 0.25) is 0 Å². The topological polar surface area (TPSA) is 48.7 Å². The summed E-state index contributed by atoms with van der Waals surface area (Å²) < 4.78 is 0. The van der Waals surface area contributed by atoms with Crippen LogP contribution in [0.5, 0.6) is 0 Å². The van der Waals surface area contributed by atoms with Crippen LogP contribution in [0.4, 0.5) is 5.82 Å². The van der Waals surface area contributed by atoms with Crippen molar-refractivity contribution in [1.29, 1.82) is 5.26 Å². The van der Waals surface area contributed by atoms with Gasteiger partial charge in [-0.25, -0.2) is 4.98 Å². The van der Waals surface area contributed by atoms with Crippen molar-refractivity contribution >= 4 is 5.82 Å². The van der Waals surface area contributed by atoms with Gasteiger partial charge >= 0.3 is 0 Å². The molecular formula is C15H23N3. The zero-order valence-corrected chi connectivity index (χ0v) is 11.7. The second kappa shape index (κ2) is 7.71. The van der Waals surface area contributed by atoms with Gasteiger partial charge in [-0.05, 0) is 30.9 Å². The van der Waals surface area contributed by atoms with Crippen LogP contribution in [0.3, 0.4) is 0 Å². The number of pyridine rings is 1. The van der Waals surface area contributed by atoms with Crippen molar-refractivity contribution in [3.05, 3.63) is 23.4 Å². The smallest absolute Gasteiger partial charge is 0.144 e. The fourth-order valence-corrected chi connectivity index (χ4v) is 2.02. The van der Waals surface area contributed by atoms with Crippen LogP contribution in [0.15, 0.2) is 12.3 Å². The van der Waals surface area contributed by atoms with E-state index in [1.165, 1.54) is 25.7 Å². The van der Waals surface area contributed by atoms with Gasteiger partial charge in [-0.2, -0.15) is 5.26 Å². The third kappa shape index (κ3) is 4.03. The lowest BCUT2D eigenvalue weighted by Gasteiger charge is -2.16. The molecule has 3 heteroatoms. The minimum absolute atomic E-state index is 0.666. The number of nitriles is 1. The number of hydrogen-bond donors (Lipinski definition) is 1. The summed E-state index contributed by atoms with van der Waals surface area (Å²) in [5, 5.41) is 12.5. The number of anilines is 1. The normalized spacial score (nSPS) is 11.9. The summed E-state index contributed by atoms with van der Waals surface area (Å²) in [4.78, 5) is 4.26. The van der Waals surface area contributed by atoms with Crippen molar-refractivity contribution in [3.8, 4) is 6.07 Å². The number of aromatic nitrogens is 1. The predicted molar refractivity (Wildman–Crippen MR) is 75.5 cm³/mol. The molecule has 1 aromatic heterocycles. The van der Waals surface area contributed by atoms with Crippen LogP contribution < -0.4 is 5.32 Å². The van der Waals surface area contributed by atoms with Gasteiger partial charge in [0.05, 0.1) is 5.56 Å². The highest BCUT2D eigenvalue weighted by atomic mass is 15.0. The van der Waals surface area contributed by atoms with Crippen LogP contribution in [0.1, 0.15) is 50.7 Å². The van der Waals surface area contributed by atoms with E-state index in [1.54, 1.807) is 6.20 Å². The Labute approximate surface area is 110 Å². The Morgan fingerprint density at radius 3 is 2.83 bits per heavy atom. The monoisotopic (exact) mass is 245 g/mol. The van der Waals surface area contributed by atoms with Crippen LogP contribution in [-0.4, -0.2) is 11.5 Å². The van der Waals surface area contributed by atoms with E-state index in [0.29, 0.717) is 11.5 Å². The number of hydrogen-bond acceptors (Lipinski definition) is 3. The van der Waals surface area contributed by atoms with Gasteiger partial charge in [0.25, 0.3) is 0 Å². The Kier molecular flexibility index (Phi) is 6.21. The SMILES string of the molecule is CCCCC(CC)CNc1nccc(C)c1C#N. The van der Waals surface area contributed by atoms with Crippen molar-refractivity contribution in [1.82, 2.24) is 4.98 Å². The van der Waals surface area contributed by atoms with Crippen molar-refractivity contribution in [3.63, 3.8) is 0 Å². The molecule has 0 aliphatic rings. The third-order valence-electron chi connectivity index (χ3n) is 3.37. The minimum atomic E-state index is 0.666. The van der Waals surface area contributed by atoms with E-state index < -0.39 is 0 Å². The molecule has 0 spiro atoms. The zero-order valence-electron chi connectivity index (χ0n) is 11.7. The molecule has 0 amide bonds. The van der Waals surface area contributed by atoms with E-state index in [0.717, 1.165) is 17.9 Å². The minimum Gasteiger partial charge on any atom is -0.369 e. The number of unbranched alkanes of at least 4 members (excludes halogenated alkanes) is 1. The van der Waals surface area contributed by atoms with Gasteiger partial charge in [-0.15, -0.1) is 0 Å². The number of rotatable bonds is 7. The molecule has 98 valence electrons. The van der Waals surface area contributed by atoms with Crippen LogP contribution in [0, 0.1) is 24.2 Å². The Morgan fingerprint density at radius 2 is 2.22 bits per heavy atom. The molecule has 1 N–H and O–H groups in total. The largest absolute Gasteiger partial charge is 0.369 e. The maximum absolute atomic E-state index is 9.13. The molecule has 18 heavy (non-hydrogen) atoms. The molecule has 0 saturated carbocycles. The average molecular weight is 245 g/mol. The van der Waals surface area contributed by atoms with E-state index in [-0.39, 0.29) is 0 Å². The molecule has 3 nitrogen and oxygen atoms in total. The van der Waals surface area contributed by atoms with Gasteiger partial charge < -0.3 is 5.32 Å². The van der Waals surface area contributed by atoms with Crippen molar-refractivity contribution in [2.24, 2.45) is 5.92 Å². The first-order chi connectivity index (χ1) is 8.72. The summed E-state index contributed by atoms with van der Waals surface area (Å²) in [7, 11) is 0. The van der Waals surface area contributed by atoms with Gasteiger partial charge in [-0.1, -0.05) is 33.1 Å². The maximum Gasteiger partial charge on any atom is 0.144 e. The van der Waals surface area contributed by atoms with E-state index >= 15 is 0 Å². The second-order valence-corrected chi connectivity index (χ2v) is 4.76. The molecular weight excluding hydrogens is 222 g/mol. The highest BCUT2D eigenvalue weighted by molar-refractivity contribution is 5.55. The van der Waals surface area contributed by atoms with Crippen LogP contribution in [0.25, 0.3) is 0 Å². The fourth-order valence-electron chi connectivity index (χ4n) is 2.02. The first-order valence-corrected chi connectivity index (χ1v) is 6.82. The van der Waals surface area contributed by atoms with Gasteiger partial charge in [0.2, 0.25) is 0 Å². The summed E-state index contributed by atoms with van der Waals surface area (Å²) in [5.74, 6) is 1.39. The van der Waals surface area contributed by atoms with Crippen molar-refractivity contribution in [2.45, 2.75) is 46.5 Å². The van der Waals surface area contributed by atoms with E-state index in [1.807, 2.05) is 13.0 Å². The second-order valence-electron chi connectivity index (χ2n) is 4.76. The molecule has 1 aromatic rings.